The van der Waals surface area contributed by atoms with E-state index in [1.165, 1.54) is 0 Å². The predicted molar refractivity (Wildman–Crippen MR) is 80.0 cm³/mol. The third-order valence-electron chi connectivity index (χ3n) is 4.13. The molecule has 1 unspecified atom stereocenters. The SMILES string of the molecule is CCCC(=O)N1CCC(c2nc(CC(C)NC)no2)CC1. The van der Waals surface area contributed by atoms with E-state index >= 15 is 0 Å². The van der Waals surface area contributed by atoms with Crippen LogP contribution >= 0.6 is 0 Å². The van der Waals surface area contributed by atoms with Gasteiger partial charge in [0, 0.05) is 37.9 Å². The first-order chi connectivity index (χ1) is 10.1. The van der Waals surface area contributed by atoms with Crippen molar-refractivity contribution >= 4 is 5.91 Å². The Bertz CT molecular complexity index is 452. The van der Waals surface area contributed by atoms with Crippen molar-refractivity contribution in [3.8, 4) is 0 Å². The van der Waals surface area contributed by atoms with Crippen LogP contribution in [0.25, 0.3) is 0 Å². The van der Waals surface area contributed by atoms with E-state index in [0.717, 1.165) is 50.5 Å². The lowest BCUT2D eigenvalue weighted by molar-refractivity contribution is -0.132. The van der Waals surface area contributed by atoms with Gasteiger partial charge in [-0.1, -0.05) is 12.1 Å². The van der Waals surface area contributed by atoms with Crippen LogP contribution in [0, 0.1) is 0 Å². The Labute approximate surface area is 126 Å². The van der Waals surface area contributed by atoms with Crippen molar-refractivity contribution in [2.45, 2.75) is 57.9 Å². The largest absolute Gasteiger partial charge is 0.343 e. The molecule has 6 heteroatoms. The molecule has 0 saturated carbocycles. The topological polar surface area (TPSA) is 71.3 Å². The Morgan fingerprint density at radius 1 is 1.48 bits per heavy atom. The zero-order chi connectivity index (χ0) is 15.2. The third-order valence-corrected chi connectivity index (χ3v) is 4.13. The summed E-state index contributed by atoms with van der Waals surface area (Å²) in [4.78, 5) is 18.3. The number of nitrogens with zero attached hydrogens (tertiary/aromatic N) is 3. The molecule has 21 heavy (non-hydrogen) atoms. The summed E-state index contributed by atoms with van der Waals surface area (Å²) in [5.41, 5.74) is 0. The highest BCUT2D eigenvalue weighted by Gasteiger charge is 2.27. The highest BCUT2D eigenvalue weighted by atomic mass is 16.5. The summed E-state index contributed by atoms with van der Waals surface area (Å²) < 4.78 is 5.40. The second kappa shape index (κ2) is 7.54. The van der Waals surface area contributed by atoms with Gasteiger partial charge < -0.3 is 14.7 Å². The molecule has 0 radical (unpaired) electrons. The van der Waals surface area contributed by atoms with Crippen LogP contribution in [0.2, 0.25) is 0 Å². The van der Waals surface area contributed by atoms with E-state index in [1.807, 2.05) is 18.9 Å². The molecule has 6 nitrogen and oxygen atoms in total. The summed E-state index contributed by atoms with van der Waals surface area (Å²) in [5.74, 6) is 2.05. The lowest BCUT2D eigenvalue weighted by Gasteiger charge is -2.30. The minimum absolute atomic E-state index is 0.269. The highest BCUT2D eigenvalue weighted by Crippen LogP contribution is 2.27. The molecule has 0 spiro atoms. The second-order valence-electron chi connectivity index (χ2n) is 5.85. The van der Waals surface area contributed by atoms with Crippen LogP contribution in [0.3, 0.4) is 0 Å². The summed E-state index contributed by atoms with van der Waals surface area (Å²) >= 11 is 0. The van der Waals surface area contributed by atoms with E-state index in [0.29, 0.717) is 18.4 Å². The summed E-state index contributed by atoms with van der Waals surface area (Å²) in [6.45, 7) is 5.73. The summed E-state index contributed by atoms with van der Waals surface area (Å²) in [6, 6.07) is 0.337. The fraction of sp³-hybridized carbons (Fsp3) is 0.800. The fourth-order valence-electron chi connectivity index (χ4n) is 2.64. The van der Waals surface area contributed by atoms with Crippen molar-refractivity contribution in [2.24, 2.45) is 0 Å². The van der Waals surface area contributed by atoms with Crippen LogP contribution in [0.4, 0.5) is 0 Å². The molecule has 1 fully saturated rings. The van der Waals surface area contributed by atoms with E-state index in [2.05, 4.69) is 22.4 Å². The molecular formula is C15H26N4O2. The molecule has 2 rings (SSSR count). The number of nitrogens with one attached hydrogen (secondary N) is 1. The van der Waals surface area contributed by atoms with Gasteiger partial charge in [-0.3, -0.25) is 4.79 Å². The highest BCUT2D eigenvalue weighted by molar-refractivity contribution is 5.76. The van der Waals surface area contributed by atoms with Gasteiger partial charge in [-0.25, -0.2) is 0 Å². The Kier molecular flexibility index (Phi) is 5.73. The molecule has 2 heterocycles. The summed E-state index contributed by atoms with van der Waals surface area (Å²) in [5, 5.41) is 7.22. The maximum absolute atomic E-state index is 11.9. The molecule has 1 atom stereocenters. The monoisotopic (exact) mass is 294 g/mol. The molecule has 1 aromatic rings. The molecule has 1 aliphatic rings. The van der Waals surface area contributed by atoms with Crippen LogP contribution in [0.1, 0.15) is 57.2 Å². The molecule has 1 saturated heterocycles. The predicted octanol–water partition coefficient (Wildman–Crippen LogP) is 1.73. The fourth-order valence-corrected chi connectivity index (χ4v) is 2.64. The van der Waals surface area contributed by atoms with E-state index in [4.69, 9.17) is 4.52 Å². The summed E-state index contributed by atoms with van der Waals surface area (Å²) in [6.07, 6.45) is 4.16. The quantitative estimate of drug-likeness (QED) is 0.865. The van der Waals surface area contributed by atoms with Crippen LogP contribution < -0.4 is 5.32 Å². The van der Waals surface area contributed by atoms with Gasteiger partial charge >= 0.3 is 0 Å². The van der Waals surface area contributed by atoms with Gasteiger partial charge in [-0.2, -0.15) is 4.98 Å². The normalized spacial score (nSPS) is 18.0. The van der Waals surface area contributed by atoms with Crippen molar-refractivity contribution in [1.29, 1.82) is 0 Å². The first kappa shape index (κ1) is 15.9. The van der Waals surface area contributed by atoms with E-state index < -0.39 is 0 Å². The Morgan fingerprint density at radius 2 is 2.19 bits per heavy atom. The van der Waals surface area contributed by atoms with Gasteiger partial charge in [0.15, 0.2) is 5.82 Å². The minimum Gasteiger partial charge on any atom is -0.343 e. The number of likely N-dealkylation sites (N-methyl/N-ethyl adjacent to an activating group) is 1. The number of aromatic nitrogens is 2. The third kappa shape index (κ3) is 4.27. The number of carbonyl (C=O) groups excluding carboxylic acids is 1. The first-order valence-electron chi connectivity index (χ1n) is 7.91. The summed E-state index contributed by atoms with van der Waals surface area (Å²) in [7, 11) is 1.93. The Balaban J connectivity index is 1.86. The zero-order valence-corrected chi connectivity index (χ0v) is 13.3. The molecule has 1 aromatic heterocycles. The molecular weight excluding hydrogens is 268 g/mol. The molecule has 0 aromatic carbocycles. The van der Waals surface area contributed by atoms with E-state index in [1.54, 1.807) is 0 Å². The van der Waals surface area contributed by atoms with Crippen LogP contribution in [-0.2, 0) is 11.2 Å². The van der Waals surface area contributed by atoms with E-state index in [-0.39, 0.29) is 5.91 Å². The van der Waals surface area contributed by atoms with Gasteiger partial charge in [0.2, 0.25) is 11.8 Å². The maximum Gasteiger partial charge on any atom is 0.229 e. The smallest absolute Gasteiger partial charge is 0.229 e. The Morgan fingerprint density at radius 3 is 2.81 bits per heavy atom. The van der Waals surface area contributed by atoms with Crippen molar-refractivity contribution in [3.05, 3.63) is 11.7 Å². The standard InChI is InChI=1S/C15H26N4O2/c1-4-5-14(20)19-8-6-12(7-9-19)15-17-13(18-21-15)10-11(2)16-3/h11-12,16H,4-10H2,1-3H3. The average Bonchev–Trinajstić information content (AvgIpc) is 2.96. The molecule has 0 aliphatic carbocycles. The van der Waals surface area contributed by atoms with Crippen molar-refractivity contribution in [3.63, 3.8) is 0 Å². The lowest BCUT2D eigenvalue weighted by atomic mass is 9.96. The minimum atomic E-state index is 0.269. The second-order valence-corrected chi connectivity index (χ2v) is 5.85. The van der Waals surface area contributed by atoms with Gasteiger partial charge in [-0.15, -0.1) is 0 Å². The van der Waals surface area contributed by atoms with Crippen LogP contribution in [0.5, 0.6) is 0 Å². The number of likely N-dealkylation sites (tertiary alicyclic amines) is 1. The molecule has 118 valence electrons. The van der Waals surface area contributed by atoms with Crippen LogP contribution in [-0.4, -0.2) is 47.1 Å². The molecule has 1 aliphatic heterocycles. The van der Waals surface area contributed by atoms with Gasteiger partial charge in [0.25, 0.3) is 0 Å². The van der Waals surface area contributed by atoms with Gasteiger partial charge in [-0.05, 0) is 33.2 Å². The van der Waals surface area contributed by atoms with Crippen LogP contribution in [0.15, 0.2) is 4.52 Å². The van der Waals surface area contributed by atoms with Crippen molar-refractivity contribution in [2.75, 3.05) is 20.1 Å². The number of hydrogen-bond donors (Lipinski definition) is 1. The maximum atomic E-state index is 11.9. The van der Waals surface area contributed by atoms with Gasteiger partial charge in [0.1, 0.15) is 0 Å². The lowest BCUT2D eigenvalue weighted by Crippen LogP contribution is -2.37. The number of hydrogen-bond acceptors (Lipinski definition) is 5. The van der Waals surface area contributed by atoms with Gasteiger partial charge in [0.05, 0.1) is 0 Å². The van der Waals surface area contributed by atoms with Crippen molar-refractivity contribution < 1.29 is 9.32 Å². The number of piperidine rings is 1. The van der Waals surface area contributed by atoms with E-state index in [9.17, 15) is 4.79 Å². The number of rotatable bonds is 6. The average molecular weight is 294 g/mol. The number of amides is 1. The van der Waals surface area contributed by atoms with Crippen molar-refractivity contribution in [1.82, 2.24) is 20.4 Å². The Hall–Kier alpha value is -1.43. The zero-order valence-electron chi connectivity index (χ0n) is 13.3. The molecule has 1 amide bonds. The number of carbonyl (C=O) groups is 1. The first-order valence-corrected chi connectivity index (χ1v) is 7.91. The molecule has 0 bridgehead atoms. The molecule has 1 N–H and O–H groups in total.